The first-order valence-corrected chi connectivity index (χ1v) is 6.80. The number of hydrogen-bond donors (Lipinski definition) is 3. The lowest BCUT2D eigenvalue weighted by molar-refractivity contribution is 0.0936. The van der Waals surface area contributed by atoms with Crippen molar-refractivity contribution in [2.75, 3.05) is 0 Å². The lowest BCUT2D eigenvalue weighted by Gasteiger charge is -2.17. The molecule has 4 N–H and O–H groups in total. The Balaban J connectivity index is 2.80. The number of amidine groups is 1. The predicted molar refractivity (Wildman–Crippen MR) is 78.5 cm³/mol. The van der Waals surface area contributed by atoms with E-state index in [-0.39, 0.29) is 17.8 Å². The van der Waals surface area contributed by atoms with Crippen molar-refractivity contribution in [2.45, 2.75) is 32.7 Å². The molecule has 0 saturated heterocycles. The van der Waals surface area contributed by atoms with Gasteiger partial charge in [-0.1, -0.05) is 23.7 Å². The first kappa shape index (κ1) is 15.5. The van der Waals surface area contributed by atoms with E-state index in [9.17, 15) is 4.79 Å². The number of nitrogens with zero attached hydrogens (tertiary/aromatic N) is 1. The highest BCUT2D eigenvalue weighted by Gasteiger charge is 2.16. The molecule has 0 bridgehead atoms. The summed E-state index contributed by atoms with van der Waals surface area (Å²) in [6.45, 7) is 3.86. The molecule has 0 heterocycles. The number of carbonyl (C=O) groups is 1. The first-order valence-electron chi connectivity index (χ1n) is 6.01. The van der Waals surface area contributed by atoms with Crippen molar-refractivity contribution in [3.05, 3.63) is 33.8 Å². The van der Waals surface area contributed by atoms with Crippen LogP contribution in [0.25, 0.3) is 0 Å². The highest BCUT2D eigenvalue weighted by atomic mass is 79.9. The fraction of sp³-hybridized carbons (Fsp3) is 0.385. The van der Waals surface area contributed by atoms with E-state index >= 15 is 0 Å². The Labute approximate surface area is 121 Å². The Hall–Kier alpha value is -1.56. The molecule has 104 valence electrons. The summed E-state index contributed by atoms with van der Waals surface area (Å²) < 4.78 is 0.745. The van der Waals surface area contributed by atoms with Crippen LogP contribution in [0.5, 0.6) is 0 Å². The molecule has 0 aliphatic rings. The van der Waals surface area contributed by atoms with Crippen LogP contribution in [-0.4, -0.2) is 23.0 Å². The zero-order valence-corrected chi connectivity index (χ0v) is 12.6. The molecule has 0 saturated carbocycles. The predicted octanol–water partition coefficient (Wildman–Crippen LogP) is 2.40. The normalized spacial score (nSPS) is 13.1. The third kappa shape index (κ3) is 4.55. The summed E-state index contributed by atoms with van der Waals surface area (Å²) in [7, 11) is 0. The fourth-order valence-electron chi connectivity index (χ4n) is 1.67. The van der Waals surface area contributed by atoms with Crippen LogP contribution in [0, 0.1) is 6.92 Å². The average Bonchev–Trinajstić information content (AvgIpc) is 2.40. The van der Waals surface area contributed by atoms with Gasteiger partial charge in [0.2, 0.25) is 0 Å². The lowest BCUT2D eigenvalue weighted by Crippen LogP contribution is -2.37. The summed E-state index contributed by atoms with van der Waals surface area (Å²) in [6, 6.07) is 5.43. The molecule has 19 heavy (non-hydrogen) atoms. The van der Waals surface area contributed by atoms with E-state index in [1.165, 1.54) is 0 Å². The second-order valence-electron chi connectivity index (χ2n) is 4.36. The van der Waals surface area contributed by atoms with Crippen molar-refractivity contribution in [3.8, 4) is 0 Å². The van der Waals surface area contributed by atoms with Gasteiger partial charge in [-0.05, 0) is 41.4 Å². The van der Waals surface area contributed by atoms with Gasteiger partial charge in [-0.15, -0.1) is 0 Å². The summed E-state index contributed by atoms with van der Waals surface area (Å²) in [6.07, 6.45) is 1.02. The third-order valence-electron chi connectivity index (χ3n) is 2.78. The highest BCUT2D eigenvalue weighted by Crippen LogP contribution is 2.18. The van der Waals surface area contributed by atoms with Gasteiger partial charge < -0.3 is 16.3 Å². The van der Waals surface area contributed by atoms with Gasteiger partial charge in [-0.25, -0.2) is 0 Å². The van der Waals surface area contributed by atoms with Gasteiger partial charge in [-0.3, -0.25) is 4.79 Å². The number of aryl methyl sites for hydroxylation is 1. The number of rotatable bonds is 5. The molecule has 1 aromatic carbocycles. The molecule has 0 spiro atoms. The van der Waals surface area contributed by atoms with E-state index in [2.05, 4.69) is 26.4 Å². The Bertz CT molecular complexity index is 489. The van der Waals surface area contributed by atoms with Gasteiger partial charge in [0.05, 0.1) is 5.56 Å². The first-order chi connectivity index (χ1) is 8.97. The standard InChI is InChI=1S/C13H18BrN3O2/c1-3-9(7-12(15)17-19)16-13(18)10-6-8(2)4-5-11(10)14/h4-6,9,19H,3,7H2,1-2H3,(H2,15,17)(H,16,18). The number of amides is 1. The van der Waals surface area contributed by atoms with E-state index in [1.807, 2.05) is 32.0 Å². The Kier molecular flexibility index (Phi) is 5.82. The fourth-order valence-corrected chi connectivity index (χ4v) is 2.09. The van der Waals surface area contributed by atoms with Gasteiger partial charge in [0.1, 0.15) is 5.84 Å². The maximum absolute atomic E-state index is 12.2. The van der Waals surface area contributed by atoms with Crippen molar-refractivity contribution in [1.82, 2.24) is 5.32 Å². The molecule has 0 fully saturated rings. The molecule has 1 rings (SSSR count). The van der Waals surface area contributed by atoms with Crippen LogP contribution in [0.15, 0.2) is 27.8 Å². The number of hydrogen-bond acceptors (Lipinski definition) is 3. The summed E-state index contributed by atoms with van der Waals surface area (Å²) >= 11 is 3.36. The maximum atomic E-state index is 12.2. The molecule has 1 atom stereocenters. The van der Waals surface area contributed by atoms with E-state index < -0.39 is 0 Å². The van der Waals surface area contributed by atoms with Crippen molar-refractivity contribution >= 4 is 27.7 Å². The summed E-state index contributed by atoms with van der Waals surface area (Å²) in [5.41, 5.74) is 7.05. The smallest absolute Gasteiger partial charge is 0.252 e. The highest BCUT2D eigenvalue weighted by molar-refractivity contribution is 9.10. The zero-order chi connectivity index (χ0) is 14.4. The van der Waals surface area contributed by atoms with Gasteiger partial charge in [-0.2, -0.15) is 0 Å². The molecule has 1 aromatic rings. The van der Waals surface area contributed by atoms with E-state index in [1.54, 1.807) is 0 Å². The average molecular weight is 328 g/mol. The largest absolute Gasteiger partial charge is 0.409 e. The molecule has 0 aliphatic heterocycles. The van der Waals surface area contributed by atoms with Crippen molar-refractivity contribution < 1.29 is 10.0 Å². The van der Waals surface area contributed by atoms with Crippen LogP contribution in [0.3, 0.4) is 0 Å². The van der Waals surface area contributed by atoms with Crippen molar-refractivity contribution in [3.63, 3.8) is 0 Å². The number of carbonyl (C=O) groups excluding carboxylic acids is 1. The third-order valence-corrected chi connectivity index (χ3v) is 3.47. The van der Waals surface area contributed by atoms with Crippen molar-refractivity contribution in [1.29, 1.82) is 0 Å². The maximum Gasteiger partial charge on any atom is 0.252 e. The molecule has 1 unspecified atom stereocenters. The van der Waals surface area contributed by atoms with Crippen LogP contribution in [0.2, 0.25) is 0 Å². The van der Waals surface area contributed by atoms with Gasteiger partial charge in [0.15, 0.2) is 0 Å². The van der Waals surface area contributed by atoms with Gasteiger partial charge >= 0.3 is 0 Å². The minimum atomic E-state index is -0.173. The molecule has 6 heteroatoms. The SMILES string of the molecule is CCC(C/C(N)=N/O)NC(=O)c1cc(C)ccc1Br. The molecular formula is C13H18BrN3O2. The second kappa shape index (κ2) is 7.13. The molecule has 0 radical (unpaired) electrons. The van der Waals surface area contributed by atoms with Crippen LogP contribution in [-0.2, 0) is 0 Å². The number of nitrogens with one attached hydrogen (secondary N) is 1. The Morgan fingerprint density at radius 3 is 2.84 bits per heavy atom. The minimum absolute atomic E-state index is 0.107. The number of benzene rings is 1. The molecule has 5 nitrogen and oxygen atoms in total. The number of halogens is 1. The Morgan fingerprint density at radius 2 is 2.26 bits per heavy atom. The number of oxime groups is 1. The summed E-state index contributed by atoms with van der Waals surface area (Å²) in [5.74, 6) is -0.0661. The zero-order valence-electron chi connectivity index (χ0n) is 11.0. The number of nitrogens with two attached hydrogens (primary N) is 1. The van der Waals surface area contributed by atoms with Crippen LogP contribution in [0.4, 0.5) is 0 Å². The van der Waals surface area contributed by atoms with Gasteiger partial charge in [0.25, 0.3) is 5.91 Å². The quantitative estimate of drug-likeness (QED) is 0.336. The lowest BCUT2D eigenvalue weighted by atomic mass is 10.1. The second-order valence-corrected chi connectivity index (χ2v) is 5.21. The van der Waals surface area contributed by atoms with Crippen molar-refractivity contribution in [2.24, 2.45) is 10.9 Å². The van der Waals surface area contributed by atoms with Crippen LogP contribution in [0.1, 0.15) is 35.7 Å². The summed E-state index contributed by atoms with van der Waals surface area (Å²) in [4.78, 5) is 12.2. The topological polar surface area (TPSA) is 87.7 Å². The minimum Gasteiger partial charge on any atom is -0.409 e. The monoisotopic (exact) mass is 327 g/mol. The molecule has 0 aromatic heterocycles. The molecule has 1 amide bonds. The van der Waals surface area contributed by atoms with Gasteiger partial charge in [0, 0.05) is 16.9 Å². The van der Waals surface area contributed by atoms with E-state index in [0.717, 1.165) is 10.0 Å². The Morgan fingerprint density at radius 1 is 1.58 bits per heavy atom. The van der Waals surface area contributed by atoms with Crippen LogP contribution >= 0.6 is 15.9 Å². The molecule has 0 aliphatic carbocycles. The summed E-state index contributed by atoms with van der Waals surface area (Å²) in [5, 5.41) is 14.4. The van der Waals surface area contributed by atoms with Crippen LogP contribution < -0.4 is 11.1 Å². The van der Waals surface area contributed by atoms with E-state index in [4.69, 9.17) is 10.9 Å². The van der Waals surface area contributed by atoms with E-state index in [0.29, 0.717) is 18.4 Å². The molecular weight excluding hydrogens is 310 g/mol.